The molecule has 16 unspecified atom stereocenters. The van der Waals surface area contributed by atoms with Crippen LogP contribution >= 0.6 is 7.82 Å². The number of allylic oxidation sites excluding steroid dienone is 4. The molecule has 0 aromatic rings. The number of aliphatic hydroxyl groups excluding tert-OH is 23. The number of phosphoric ester groups is 1. The molecular formula is C80H141O43P. The average molecular weight is 1820 g/mol. The Balaban J connectivity index is 0.999. The lowest BCUT2D eigenvalue weighted by molar-refractivity contribution is -0.365. The van der Waals surface area contributed by atoms with Crippen LogP contribution in [0, 0.1) is 0 Å². The summed E-state index contributed by atoms with van der Waals surface area (Å²) in [5, 5.41) is 250. The van der Waals surface area contributed by atoms with Gasteiger partial charge in [0, 0.05) is 12.8 Å². The van der Waals surface area contributed by atoms with Crippen LogP contribution in [-0.2, 0) is 89.5 Å². The Morgan fingerprint density at radius 3 is 0.984 bits per heavy atom. The van der Waals surface area contributed by atoms with E-state index >= 15 is 0 Å². The molecule has 44 heteroatoms. The topological polar surface area (TPSA) is 684 Å². The molecule has 1 aliphatic carbocycles. The van der Waals surface area contributed by atoms with E-state index in [4.69, 9.17) is 75.4 Å². The second-order valence-corrected chi connectivity index (χ2v) is 34.3. The highest BCUT2D eigenvalue weighted by Gasteiger charge is 2.60. The van der Waals surface area contributed by atoms with E-state index in [1.165, 1.54) is 57.8 Å². The van der Waals surface area contributed by atoms with E-state index < -0.39 is 300 Å². The molecule has 0 aromatic carbocycles. The van der Waals surface area contributed by atoms with Gasteiger partial charge in [-0.2, -0.15) is 0 Å². The fraction of sp³-hybridized carbons (Fsp3) is 0.925. The molecule has 0 bridgehead atoms. The van der Waals surface area contributed by atoms with Gasteiger partial charge in [-0.1, -0.05) is 160 Å². The van der Waals surface area contributed by atoms with E-state index in [9.17, 15) is 136 Å². The average Bonchev–Trinajstić information content (AvgIpc) is 0.758. The van der Waals surface area contributed by atoms with Crippen molar-refractivity contribution in [3.05, 3.63) is 24.3 Å². The van der Waals surface area contributed by atoms with Crippen LogP contribution < -0.4 is 0 Å². The van der Waals surface area contributed by atoms with Gasteiger partial charge >= 0.3 is 19.8 Å². The van der Waals surface area contributed by atoms with Crippen LogP contribution in [0.15, 0.2) is 24.3 Å². The van der Waals surface area contributed by atoms with Crippen molar-refractivity contribution in [2.45, 2.75) is 414 Å². The molecule has 7 fully saturated rings. The number of phosphoric acid groups is 1. The Morgan fingerprint density at radius 1 is 0.323 bits per heavy atom. The third-order valence-corrected chi connectivity index (χ3v) is 24.1. The standard InChI is InChI=1S/C80H141O43P/c1-3-5-7-9-11-13-15-17-18-19-21-22-24-26-28-30-32-49(83)108-36-42(114-50(84)33-31-29-27-25-23-20-16-14-12-10-8-6-4-2)37-113-124(106,107)123-74-72(121-79-70(104)58(92)52(86)44(35-82)116-79)64(98)63(97)65(99)73(74)122-80-71(105)62(96)56(90)48(120-80)41-112-78-69(103)61(95)55(89)47(119-78)40-111-77-68(102)60(94)54(88)46(118-77)39-110-76-67(101)59(93)53(87)45(117-76)38-109-75-66(100)57(91)51(85)43(34-81)115-75/h8,10,14,16,42-48,51-82,85-105H,3-7,9,11-13,15,17-41H2,1-2H3,(H,106,107)/b10-8-,16-14-/t42-,43?,44?,45?,46?,47?,48?,51+,52-,53+,54+,55+,56+,57?,58?,59?,60?,61?,62?,63+,64?,65?,66+,67+,68+,69+,70-,71+,72-,73?,74+,75-,76-,77-,78-,79-,80+/m1/s1. The molecule has 6 saturated heterocycles. The van der Waals surface area contributed by atoms with Gasteiger partial charge in [-0.25, -0.2) is 4.57 Å². The first-order chi connectivity index (χ1) is 59.2. The predicted molar refractivity (Wildman–Crippen MR) is 422 cm³/mol. The first kappa shape index (κ1) is 108. The fourth-order valence-corrected chi connectivity index (χ4v) is 16.3. The van der Waals surface area contributed by atoms with Crippen LogP contribution in [0.4, 0.5) is 0 Å². The highest BCUT2D eigenvalue weighted by molar-refractivity contribution is 7.47. The SMILES string of the molecule is CCC/C=C\C/C=C\CCCCCCCC(=O)O[C@H](COC(=O)CCCCCCCCCCCCCCCCCC)COP(=O)(O)O[C@@H]1C(O[C@@H]2OC(CO[C@@H]3OC(CO[C@@H]4OC(CO[C@@H]5OC(CO[C@@H]6OC(CO)[C@H](O)C(O)[C@@H]6O)[C@H](O)C(O)[C@@H]5O)[C@H](O)C(O)[C@@H]4O)[C@H](O)C(O)[C@@H]3O)[C@H](O)C(O)[C@@H]2O)C(O)[C@@H](O)C(O)[C@H]1O[C@H]1OC(CO)[C@@H](O)C(O)[C@H]1O. The van der Waals surface area contributed by atoms with Gasteiger partial charge in [0.1, 0.15) is 190 Å². The zero-order valence-electron chi connectivity index (χ0n) is 70.4. The highest BCUT2D eigenvalue weighted by atomic mass is 31.2. The van der Waals surface area contributed by atoms with Crippen molar-refractivity contribution in [1.29, 1.82) is 0 Å². The number of carbonyl (C=O) groups excluding carboxylic acids is 2. The Labute approximate surface area is 720 Å². The maximum Gasteiger partial charge on any atom is 0.472 e. The Bertz CT molecular complexity index is 3050. The lowest BCUT2D eigenvalue weighted by Crippen LogP contribution is -2.69. The lowest BCUT2D eigenvalue weighted by atomic mass is 9.84. The van der Waals surface area contributed by atoms with Crippen molar-refractivity contribution in [2.24, 2.45) is 0 Å². The summed E-state index contributed by atoms with van der Waals surface area (Å²) in [5.41, 5.74) is 0. The van der Waals surface area contributed by atoms with Crippen LogP contribution in [0.2, 0.25) is 0 Å². The lowest BCUT2D eigenvalue weighted by Gasteiger charge is -2.49. The van der Waals surface area contributed by atoms with Crippen LogP contribution in [0.25, 0.3) is 0 Å². The third kappa shape index (κ3) is 32.5. The van der Waals surface area contributed by atoms with Crippen LogP contribution in [0.5, 0.6) is 0 Å². The minimum absolute atomic E-state index is 0.0339. The number of hydrogen-bond acceptors (Lipinski definition) is 42. The predicted octanol–water partition coefficient (Wildman–Crippen LogP) is -4.61. The second-order valence-electron chi connectivity index (χ2n) is 32.9. The van der Waals surface area contributed by atoms with Gasteiger partial charge in [-0.15, -0.1) is 0 Å². The Morgan fingerprint density at radius 2 is 0.621 bits per heavy atom. The van der Waals surface area contributed by atoms with E-state index in [1.807, 2.05) is 0 Å². The molecule has 1 saturated carbocycles. The number of unbranched alkanes of at least 4 members (excludes halogenated alkanes) is 21. The van der Waals surface area contributed by atoms with Gasteiger partial charge in [-0.3, -0.25) is 18.6 Å². The molecule has 124 heavy (non-hydrogen) atoms. The van der Waals surface area contributed by atoms with Crippen molar-refractivity contribution in [1.82, 2.24) is 0 Å². The van der Waals surface area contributed by atoms with E-state index in [1.54, 1.807) is 0 Å². The molecule has 0 aromatic heterocycles. The van der Waals surface area contributed by atoms with Gasteiger partial charge in [0.05, 0.1) is 46.2 Å². The van der Waals surface area contributed by atoms with E-state index in [0.717, 1.165) is 77.0 Å². The van der Waals surface area contributed by atoms with Crippen LogP contribution in [-0.4, -0.2) is 414 Å². The number of ether oxygens (including phenoxy) is 14. The molecular weight excluding hydrogens is 1680 g/mol. The van der Waals surface area contributed by atoms with E-state index in [2.05, 4.69) is 38.2 Å². The first-order valence-electron chi connectivity index (χ1n) is 43.7. The number of carbonyl (C=O) groups is 2. The monoisotopic (exact) mass is 1820 g/mol. The van der Waals surface area contributed by atoms with Crippen molar-refractivity contribution < 1.29 is 212 Å². The fourth-order valence-electron chi connectivity index (χ4n) is 15.3. The number of aliphatic hydroxyl groups is 23. The van der Waals surface area contributed by atoms with Crippen molar-refractivity contribution >= 4 is 19.8 Å². The molecule has 7 aliphatic rings. The normalized spacial score (nSPS) is 39.5. The number of rotatable bonds is 55. The van der Waals surface area contributed by atoms with Crippen LogP contribution in [0.1, 0.15) is 187 Å². The molecule has 724 valence electrons. The number of hydrogen-bond donors (Lipinski definition) is 24. The highest BCUT2D eigenvalue weighted by Crippen LogP contribution is 2.49. The van der Waals surface area contributed by atoms with Crippen molar-refractivity contribution in [3.8, 4) is 0 Å². The summed E-state index contributed by atoms with van der Waals surface area (Å²) in [6.45, 7) is -2.99. The summed E-state index contributed by atoms with van der Waals surface area (Å²) < 4.78 is 104. The molecule has 0 radical (unpaired) electrons. The minimum Gasteiger partial charge on any atom is -0.462 e. The van der Waals surface area contributed by atoms with Crippen molar-refractivity contribution in [3.63, 3.8) is 0 Å². The largest absolute Gasteiger partial charge is 0.472 e. The molecule has 7 rings (SSSR count). The number of esters is 2. The molecule has 6 heterocycles. The summed E-state index contributed by atoms with van der Waals surface area (Å²) in [6, 6.07) is 0. The zero-order valence-corrected chi connectivity index (χ0v) is 71.3. The van der Waals surface area contributed by atoms with Gasteiger partial charge in [0.2, 0.25) is 0 Å². The quantitative estimate of drug-likeness (QED) is 0.0118. The van der Waals surface area contributed by atoms with E-state index in [-0.39, 0.29) is 12.8 Å². The molecule has 38 atom stereocenters. The molecule has 43 nitrogen and oxygen atoms in total. The summed E-state index contributed by atoms with van der Waals surface area (Å²) in [6.07, 6.45) is -43.8. The van der Waals surface area contributed by atoms with E-state index in [0.29, 0.717) is 25.7 Å². The minimum atomic E-state index is -5.89. The molecule has 6 aliphatic heterocycles. The zero-order chi connectivity index (χ0) is 90.9. The maximum absolute atomic E-state index is 14.5. The van der Waals surface area contributed by atoms with Gasteiger partial charge < -0.3 is 189 Å². The molecule has 0 spiro atoms. The smallest absolute Gasteiger partial charge is 0.462 e. The van der Waals surface area contributed by atoms with Crippen LogP contribution in [0.3, 0.4) is 0 Å². The Hall–Kier alpha value is -2.87. The summed E-state index contributed by atoms with van der Waals surface area (Å²) in [5.74, 6) is -1.52. The third-order valence-electron chi connectivity index (χ3n) is 23.1. The summed E-state index contributed by atoms with van der Waals surface area (Å²) >= 11 is 0. The molecule has 24 N–H and O–H groups in total. The summed E-state index contributed by atoms with van der Waals surface area (Å²) in [4.78, 5) is 38.4. The maximum atomic E-state index is 14.5. The van der Waals surface area contributed by atoms with Gasteiger partial charge in [0.15, 0.2) is 43.8 Å². The van der Waals surface area contributed by atoms with Gasteiger partial charge in [0.25, 0.3) is 0 Å². The summed E-state index contributed by atoms with van der Waals surface area (Å²) in [7, 11) is -5.89. The first-order valence-corrected chi connectivity index (χ1v) is 45.2. The van der Waals surface area contributed by atoms with Gasteiger partial charge in [-0.05, 0) is 38.5 Å². The Kier molecular flexibility index (Phi) is 48.5. The van der Waals surface area contributed by atoms with Crippen molar-refractivity contribution in [2.75, 3.05) is 52.9 Å². The second kappa shape index (κ2) is 55.6. The molecule has 0 amide bonds.